The van der Waals surface area contributed by atoms with Crippen LogP contribution in [0.4, 0.5) is 10.1 Å². The molecule has 2 rings (SSSR count). The molecule has 5 nitrogen and oxygen atoms in total. The van der Waals surface area contributed by atoms with Gasteiger partial charge in [0.05, 0.1) is 0 Å². The molecule has 7 heteroatoms. The topological polar surface area (TPSA) is 75.4 Å². The Morgan fingerprint density at radius 3 is 2.42 bits per heavy atom. The predicted octanol–water partition coefficient (Wildman–Crippen LogP) is 2.55. The van der Waals surface area contributed by atoms with Crippen LogP contribution in [-0.4, -0.2) is 35.8 Å². The summed E-state index contributed by atoms with van der Waals surface area (Å²) >= 11 is 0. The van der Waals surface area contributed by atoms with Crippen molar-refractivity contribution in [3.63, 3.8) is 0 Å². The molecular weight excluding hydrogens is 333 g/mol. The second-order valence-corrected chi connectivity index (χ2v) is 6.17. The van der Waals surface area contributed by atoms with Crippen molar-refractivity contribution in [2.45, 2.75) is 38.6 Å². The van der Waals surface area contributed by atoms with Crippen molar-refractivity contribution >= 4 is 29.9 Å². The van der Waals surface area contributed by atoms with Crippen molar-refractivity contribution in [1.29, 1.82) is 0 Å². The van der Waals surface area contributed by atoms with Crippen molar-refractivity contribution in [2.24, 2.45) is 11.7 Å². The van der Waals surface area contributed by atoms with E-state index < -0.39 is 0 Å². The Kier molecular flexibility index (Phi) is 8.15. The van der Waals surface area contributed by atoms with Gasteiger partial charge in [0.2, 0.25) is 11.8 Å². The summed E-state index contributed by atoms with van der Waals surface area (Å²) in [7, 11) is 0. The van der Waals surface area contributed by atoms with Gasteiger partial charge < -0.3 is 16.0 Å². The highest BCUT2D eigenvalue weighted by Crippen LogP contribution is 2.20. The largest absolute Gasteiger partial charge is 0.343 e. The van der Waals surface area contributed by atoms with Gasteiger partial charge in [-0.25, -0.2) is 4.39 Å². The third-order valence-electron chi connectivity index (χ3n) is 4.14. The highest BCUT2D eigenvalue weighted by Gasteiger charge is 2.27. The Morgan fingerprint density at radius 2 is 1.88 bits per heavy atom. The van der Waals surface area contributed by atoms with Gasteiger partial charge in [-0.05, 0) is 50.5 Å². The molecule has 0 saturated carbocycles. The number of rotatable bonds is 5. The van der Waals surface area contributed by atoms with E-state index in [-0.39, 0.29) is 42.0 Å². The number of hydrogen-bond donors (Lipinski definition) is 2. The van der Waals surface area contributed by atoms with Crippen LogP contribution in [-0.2, 0) is 9.59 Å². The van der Waals surface area contributed by atoms with Crippen LogP contribution in [0.1, 0.15) is 32.6 Å². The van der Waals surface area contributed by atoms with Gasteiger partial charge in [-0.1, -0.05) is 0 Å². The first kappa shape index (κ1) is 20.4. The maximum absolute atomic E-state index is 12.9. The van der Waals surface area contributed by atoms with Crippen molar-refractivity contribution < 1.29 is 14.0 Å². The molecule has 0 spiro atoms. The van der Waals surface area contributed by atoms with Crippen LogP contribution in [0.15, 0.2) is 24.3 Å². The van der Waals surface area contributed by atoms with E-state index in [1.807, 2.05) is 11.8 Å². The summed E-state index contributed by atoms with van der Waals surface area (Å²) in [6.45, 7) is 3.08. The summed E-state index contributed by atoms with van der Waals surface area (Å²) in [4.78, 5) is 26.1. The highest BCUT2D eigenvalue weighted by atomic mass is 35.5. The quantitative estimate of drug-likeness (QED) is 0.850. The molecule has 0 aromatic heterocycles. The average Bonchev–Trinajstić information content (AvgIpc) is 2.55. The zero-order valence-corrected chi connectivity index (χ0v) is 14.7. The number of benzene rings is 1. The number of carbonyl (C=O) groups is 2. The van der Waals surface area contributed by atoms with Crippen LogP contribution in [0.5, 0.6) is 0 Å². The Morgan fingerprint density at radius 1 is 1.29 bits per heavy atom. The minimum Gasteiger partial charge on any atom is -0.343 e. The molecular formula is C17H25ClFN3O2. The fraction of sp³-hybridized carbons (Fsp3) is 0.529. The number of nitrogens with two attached hydrogens (primary N) is 1. The highest BCUT2D eigenvalue weighted by molar-refractivity contribution is 5.92. The lowest BCUT2D eigenvalue weighted by molar-refractivity contribution is -0.134. The molecule has 134 valence electrons. The summed E-state index contributed by atoms with van der Waals surface area (Å²) in [5.41, 5.74) is 6.26. The Bertz CT molecular complexity index is 543. The van der Waals surface area contributed by atoms with E-state index in [1.54, 1.807) is 12.1 Å². The molecule has 24 heavy (non-hydrogen) atoms. The van der Waals surface area contributed by atoms with Crippen LogP contribution < -0.4 is 11.1 Å². The molecule has 1 atom stereocenters. The van der Waals surface area contributed by atoms with E-state index in [0.717, 1.165) is 0 Å². The average molecular weight is 358 g/mol. The number of nitrogens with zero attached hydrogens (tertiary/aromatic N) is 1. The molecule has 1 aliphatic rings. The molecule has 0 radical (unpaired) electrons. The van der Waals surface area contributed by atoms with Crippen LogP contribution in [0.3, 0.4) is 0 Å². The fourth-order valence-corrected chi connectivity index (χ4v) is 2.68. The number of amides is 2. The van der Waals surface area contributed by atoms with Gasteiger partial charge in [-0.15, -0.1) is 12.4 Å². The van der Waals surface area contributed by atoms with Crippen LogP contribution >= 0.6 is 12.4 Å². The van der Waals surface area contributed by atoms with E-state index >= 15 is 0 Å². The minimum absolute atomic E-state index is 0. The first-order chi connectivity index (χ1) is 11.0. The zero-order chi connectivity index (χ0) is 16.8. The number of nitrogens with one attached hydrogen (secondary N) is 1. The van der Waals surface area contributed by atoms with Gasteiger partial charge in [-0.2, -0.15) is 0 Å². The number of anilines is 1. The lowest BCUT2D eigenvalue weighted by atomic mass is 9.95. The summed E-state index contributed by atoms with van der Waals surface area (Å²) in [6, 6.07) is 5.74. The third kappa shape index (κ3) is 6.09. The molecule has 2 amide bonds. The van der Waals surface area contributed by atoms with Crippen molar-refractivity contribution in [2.75, 3.05) is 18.4 Å². The summed E-state index contributed by atoms with van der Waals surface area (Å²) in [5.74, 6) is -0.405. The van der Waals surface area contributed by atoms with E-state index in [2.05, 4.69) is 5.32 Å². The lowest BCUT2D eigenvalue weighted by Gasteiger charge is -2.31. The molecule has 0 aliphatic carbocycles. The number of halogens is 2. The maximum atomic E-state index is 12.9. The van der Waals surface area contributed by atoms with E-state index in [0.29, 0.717) is 44.5 Å². The molecule has 1 aliphatic heterocycles. The predicted molar refractivity (Wildman–Crippen MR) is 94.5 cm³/mol. The number of carbonyl (C=O) groups excluding carboxylic acids is 2. The van der Waals surface area contributed by atoms with Crippen molar-refractivity contribution in [3.05, 3.63) is 30.1 Å². The van der Waals surface area contributed by atoms with Gasteiger partial charge in [0.25, 0.3) is 0 Å². The normalized spacial score (nSPS) is 16.2. The van der Waals surface area contributed by atoms with Gasteiger partial charge in [0.15, 0.2) is 0 Å². The monoisotopic (exact) mass is 357 g/mol. The first-order valence-corrected chi connectivity index (χ1v) is 8.05. The van der Waals surface area contributed by atoms with Crippen LogP contribution in [0.25, 0.3) is 0 Å². The summed E-state index contributed by atoms with van der Waals surface area (Å²) in [5, 5.41) is 2.80. The zero-order valence-electron chi connectivity index (χ0n) is 13.8. The SMILES string of the molecule is CC(N)CCC(=O)N1CCC(C(=O)Nc2ccc(F)cc2)CC1.Cl. The van der Waals surface area contributed by atoms with Gasteiger partial charge in [0.1, 0.15) is 5.82 Å². The van der Waals surface area contributed by atoms with Crippen molar-refractivity contribution in [3.8, 4) is 0 Å². The van der Waals surface area contributed by atoms with Crippen LogP contribution in [0.2, 0.25) is 0 Å². The van der Waals surface area contributed by atoms with E-state index in [1.165, 1.54) is 12.1 Å². The molecule has 1 aromatic carbocycles. The minimum atomic E-state index is -0.332. The van der Waals surface area contributed by atoms with Gasteiger partial charge in [0, 0.05) is 37.2 Å². The molecule has 1 unspecified atom stereocenters. The number of likely N-dealkylation sites (tertiary alicyclic amines) is 1. The Labute approximate surface area is 148 Å². The Balaban J connectivity index is 0.00000288. The van der Waals surface area contributed by atoms with Crippen LogP contribution in [0, 0.1) is 11.7 Å². The Hall–Kier alpha value is -1.66. The van der Waals surface area contributed by atoms with Gasteiger partial charge >= 0.3 is 0 Å². The second kappa shape index (κ2) is 9.59. The van der Waals surface area contributed by atoms with Gasteiger partial charge in [-0.3, -0.25) is 9.59 Å². The molecule has 1 heterocycles. The van der Waals surface area contributed by atoms with E-state index in [9.17, 15) is 14.0 Å². The standard InChI is InChI=1S/C17H24FN3O2.ClH/c1-12(19)2-7-16(22)21-10-8-13(9-11-21)17(23)20-15-5-3-14(18)4-6-15;/h3-6,12-13H,2,7-11,19H2,1H3,(H,20,23);1H. The van der Waals surface area contributed by atoms with E-state index in [4.69, 9.17) is 5.73 Å². The first-order valence-electron chi connectivity index (χ1n) is 8.05. The molecule has 1 aromatic rings. The summed E-state index contributed by atoms with van der Waals surface area (Å²) < 4.78 is 12.9. The summed E-state index contributed by atoms with van der Waals surface area (Å²) in [6.07, 6.45) is 2.45. The second-order valence-electron chi connectivity index (χ2n) is 6.17. The molecule has 1 saturated heterocycles. The third-order valence-corrected chi connectivity index (χ3v) is 4.14. The molecule has 0 bridgehead atoms. The van der Waals surface area contributed by atoms with Crippen molar-refractivity contribution in [1.82, 2.24) is 4.90 Å². The molecule has 3 N–H and O–H groups in total. The maximum Gasteiger partial charge on any atom is 0.227 e. The number of hydrogen-bond acceptors (Lipinski definition) is 3. The number of piperidine rings is 1. The lowest BCUT2D eigenvalue weighted by Crippen LogP contribution is -2.41. The smallest absolute Gasteiger partial charge is 0.227 e. The fourth-order valence-electron chi connectivity index (χ4n) is 2.68. The molecule has 1 fully saturated rings.